The van der Waals surface area contributed by atoms with Crippen molar-refractivity contribution < 1.29 is 17.9 Å². The summed E-state index contributed by atoms with van der Waals surface area (Å²) in [6, 6.07) is 0.784. The zero-order valence-electron chi connectivity index (χ0n) is 11.6. The molecule has 1 saturated heterocycles. The molecule has 0 saturated carbocycles. The number of nitrogens with two attached hydrogens (primary N) is 1. The number of anilines is 1. The summed E-state index contributed by atoms with van der Waals surface area (Å²) in [5.74, 6) is -0.101. The predicted molar refractivity (Wildman–Crippen MR) is 78.6 cm³/mol. The normalized spacial score (nSPS) is 20.6. The van der Waals surface area contributed by atoms with Gasteiger partial charge in [0.2, 0.25) is 10.0 Å². The summed E-state index contributed by atoms with van der Waals surface area (Å²) < 4.78 is 38.1. The monoisotopic (exact) mass is 335 g/mol. The van der Waals surface area contributed by atoms with Crippen LogP contribution in [-0.4, -0.2) is 45.9 Å². The zero-order chi connectivity index (χ0) is 15.5. The molecule has 7 nitrogen and oxygen atoms in total. The van der Waals surface area contributed by atoms with Crippen molar-refractivity contribution in [3.05, 3.63) is 17.3 Å². The standard InChI is InChI=1S/C12H18ClN3O4S/c1-19-7-9(10-3-2-4-20-10)16-21(17,18)11-5-8(13)6-15-12(11)14/h5-6,9-10,16H,2-4,7H2,1H3,(H2,14,15). The Morgan fingerprint density at radius 3 is 3.05 bits per heavy atom. The van der Waals surface area contributed by atoms with Gasteiger partial charge in [0.25, 0.3) is 0 Å². The lowest BCUT2D eigenvalue weighted by molar-refractivity contribution is 0.0515. The van der Waals surface area contributed by atoms with Gasteiger partial charge in [0.15, 0.2) is 0 Å². The number of nitrogen functional groups attached to an aromatic ring is 1. The molecule has 118 valence electrons. The van der Waals surface area contributed by atoms with E-state index in [9.17, 15) is 8.42 Å². The minimum atomic E-state index is -3.85. The minimum absolute atomic E-state index is 0.101. The maximum absolute atomic E-state index is 12.4. The van der Waals surface area contributed by atoms with Crippen molar-refractivity contribution in [2.24, 2.45) is 0 Å². The van der Waals surface area contributed by atoms with E-state index in [4.69, 9.17) is 26.8 Å². The number of methoxy groups -OCH3 is 1. The van der Waals surface area contributed by atoms with Crippen molar-refractivity contribution >= 4 is 27.4 Å². The second-order valence-corrected chi connectivity index (χ2v) is 6.89. The Morgan fingerprint density at radius 2 is 2.43 bits per heavy atom. The number of rotatable bonds is 6. The topological polar surface area (TPSA) is 104 Å². The highest BCUT2D eigenvalue weighted by Crippen LogP contribution is 2.22. The van der Waals surface area contributed by atoms with Crippen LogP contribution in [0.4, 0.5) is 5.82 Å². The second-order valence-electron chi connectivity index (χ2n) is 4.77. The highest BCUT2D eigenvalue weighted by atomic mass is 35.5. The largest absolute Gasteiger partial charge is 0.383 e. The fraction of sp³-hybridized carbons (Fsp3) is 0.583. The average molecular weight is 336 g/mol. The summed E-state index contributed by atoms with van der Waals surface area (Å²) in [5.41, 5.74) is 5.63. The average Bonchev–Trinajstić information content (AvgIpc) is 2.95. The smallest absolute Gasteiger partial charge is 0.244 e. The number of halogens is 1. The molecule has 0 bridgehead atoms. The fourth-order valence-electron chi connectivity index (χ4n) is 2.23. The molecule has 1 aliphatic heterocycles. The van der Waals surface area contributed by atoms with Gasteiger partial charge in [-0.25, -0.2) is 18.1 Å². The van der Waals surface area contributed by atoms with E-state index < -0.39 is 16.1 Å². The van der Waals surface area contributed by atoms with E-state index in [0.29, 0.717) is 6.61 Å². The molecule has 1 aromatic rings. The third-order valence-electron chi connectivity index (χ3n) is 3.20. The van der Waals surface area contributed by atoms with Crippen LogP contribution in [0.25, 0.3) is 0 Å². The Balaban J connectivity index is 2.23. The predicted octanol–water partition coefficient (Wildman–Crippen LogP) is 0.790. The summed E-state index contributed by atoms with van der Waals surface area (Å²) in [4.78, 5) is 3.62. The first-order valence-corrected chi connectivity index (χ1v) is 8.34. The molecule has 0 aliphatic carbocycles. The number of pyridine rings is 1. The molecular formula is C12H18ClN3O4S. The Kier molecular flexibility index (Phi) is 5.39. The quantitative estimate of drug-likeness (QED) is 0.796. The van der Waals surface area contributed by atoms with Gasteiger partial charge < -0.3 is 15.2 Å². The molecule has 2 atom stereocenters. The van der Waals surface area contributed by atoms with Gasteiger partial charge in [0.1, 0.15) is 10.7 Å². The molecule has 21 heavy (non-hydrogen) atoms. The Morgan fingerprint density at radius 1 is 1.67 bits per heavy atom. The van der Waals surface area contributed by atoms with E-state index in [-0.39, 0.29) is 28.4 Å². The first-order valence-electron chi connectivity index (χ1n) is 6.48. The van der Waals surface area contributed by atoms with Crippen LogP contribution in [0.15, 0.2) is 17.2 Å². The highest BCUT2D eigenvalue weighted by molar-refractivity contribution is 7.89. The van der Waals surface area contributed by atoms with Gasteiger partial charge in [0, 0.05) is 19.9 Å². The van der Waals surface area contributed by atoms with E-state index in [0.717, 1.165) is 12.8 Å². The van der Waals surface area contributed by atoms with Gasteiger partial charge in [-0.1, -0.05) is 11.6 Å². The lowest BCUT2D eigenvalue weighted by Gasteiger charge is -2.23. The van der Waals surface area contributed by atoms with E-state index >= 15 is 0 Å². The van der Waals surface area contributed by atoms with Crippen LogP contribution in [0, 0.1) is 0 Å². The van der Waals surface area contributed by atoms with Crippen LogP contribution in [0.2, 0.25) is 5.02 Å². The van der Waals surface area contributed by atoms with E-state index in [1.165, 1.54) is 19.4 Å². The van der Waals surface area contributed by atoms with E-state index in [1.807, 2.05) is 0 Å². The molecule has 0 spiro atoms. The van der Waals surface area contributed by atoms with Crippen molar-refractivity contribution in [3.63, 3.8) is 0 Å². The van der Waals surface area contributed by atoms with Crippen LogP contribution >= 0.6 is 11.6 Å². The summed E-state index contributed by atoms with van der Waals surface area (Å²) in [7, 11) is -2.35. The van der Waals surface area contributed by atoms with Crippen molar-refractivity contribution in [3.8, 4) is 0 Å². The maximum atomic E-state index is 12.4. The molecule has 1 aliphatic rings. The Labute approximate surface area is 128 Å². The molecule has 3 N–H and O–H groups in total. The fourth-order valence-corrected chi connectivity index (χ4v) is 3.80. The molecule has 9 heteroatoms. The lowest BCUT2D eigenvalue weighted by atomic mass is 10.1. The lowest BCUT2D eigenvalue weighted by Crippen LogP contribution is -2.46. The molecular weight excluding hydrogens is 318 g/mol. The summed E-state index contributed by atoms with van der Waals surface area (Å²) in [6.07, 6.45) is 2.75. The number of hydrogen-bond acceptors (Lipinski definition) is 6. The third-order valence-corrected chi connectivity index (χ3v) is 4.93. The SMILES string of the molecule is COCC(NS(=O)(=O)c1cc(Cl)cnc1N)C1CCCO1. The molecule has 0 aromatic carbocycles. The number of ether oxygens (including phenoxy) is 2. The van der Waals surface area contributed by atoms with Gasteiger partial charge in [0.05, 0.1) is 23.8 Å². The van der Waals surface area contributed by atoms with Crippen LogP contribution in [0.1, 0.15) is 12.8 Å². The molecule has 2 unspecified atom stereocenters. The Bertz CT molecular complexity index is 590. The number of hydrogen-bond donors (Lipinski definition) is 2. The first-order chi connectivity index (χ1) is 9.94. The summed E-state index contributed by atoms with van der Waals surface area (Å²) in [6.45, 7) is 0.825. The third kappa shape index (κ3) is 4.04. The van der Waals surface area contributed by atoms with Crippen LogP contribution in [-0.2, 0) is 19.5 Å². The van der Waals surface area contributed by atoms with Crippen LogP contribution in [0.5, 0.6) is 0 Å². The molecule has 1 fully saturated rings. The Hall–Kier alpha value is -0.930. The number of nitrogens with one attached hydrogen (secondary N) is 1. The van der Waals surface area contributed by atoms with E-state index in [1.54, 1.807) is 0 Å². The number of nitrogens with zero attached hydrogens (tertiary/aromatic N) is 1. The first kappa shape index (κ1) is 16.4. The minimum Gasteiger partial charge on any atom is -0.383 e. The van der Waals surface area contributed by atoms with Crippen molar-refractivity contribution in [1.29, 1.82) is 0 Å². The summed E-state index contributed by atoms with van der Waals surface area (Å²) >= 11 is 5.79. The highest BCUT2D eigenvalue weighted by Gasteiger charge is 2.31. The molecule has 2 rings (SSSR count). The van der Waals surface area contributed by atoms with Crippen molar-refractivity contribution in [1.82, 2.24) is 9.71 Å². The maximum Gasteiger partial charge on any atom is 0.244 e. The van der Waals surface area contributed by atoms with Gasteiger partial charge in [-0.2, -0.15) is 0 Å². The summed E-state index contributed by atoms with van der Waals surface area (Å²) in [5, 5.41) is 0.199. The van der Waals surface area contributed by atoms with E-state index in [2.05, 4.69) is 9.71 Å². The number of sulfonamides is 1. The molecule has 1 aromatic heterocycles. The molecule has 0 amide bonds. The van der Waals surface area contributed by atoms with Crippen LogP contribution in [0.3, 0.4) is 0 Å². The van der Waals surface area contributed by atoms with Crippen LogP contribution < -0.4 is 10.5 Å². The number of aromatic nitrogens is 1. The van der Waals surface area contributed by atoms with Gasteiger partial charge in [-0.15, -0.1) is 0 Å². The molecule has 2 heterocycles. The second kappa shape index (κ2) is 6.89. The van der Waals surface area contributed by atoms with Gasteiger partial charge in [-0.3, -0.25) is 0 Å². The van der Waals surface area contributed by atoms with Crippen molar-refractivity contribution in [2.75, 3.05) is 26.1 Å². The van der Waals surface area contributed by atoms with Gasteiger partial charge in [-0.05, 0) is 18.9 Å². The zero-order valence-corrected chi connectivity index (χ0v) is 13.2. The van der Waals surface area contributed by atoms with Crippen molar-refractivity contribution in [2.45, 2.75) is 29.9 Å². The molecule has 0 radical (unpaired) electrons. The van der Waals surface area contributed by atoms with Gasteiger partial charge >= 0.3 is 0 Å².